The molecule has 2 aromatic rings. The minimum Gasteiger partial charge on any atom is -0.341 e. The van der Waals surface area contributed by atoms with Crippen LogP contribution >= 0.6 is 11.3 Å². The van der Waals surface area contributed by atoms with E-state index < -0.39 is 0 Å². The Morgan fingerprint density at radius 1 is 1.23 bits per heavy atom. The van der Waals surface area contributed by atoms with Gasteiger partial charge in [0.15, 0.2) is 0 Å². The van der Waals surface area contributed by atoms with Crippen molar-refractivity contribution in [3.8, 4) is 0 Å². The molecular weight excluding hydrogens is 346 g/mol. The minimum absolute atomic E-state index is 0.0318. The fourth-order valence-corrected chi connectivity index (χ4v) is 5.93. The third-order valence-corrected chi connectivity index (χ3v) is 6.97. The first-order chi connectivity index (χ1) is 12.4. The number of hydrogen-bond donors (Lipinski definition) is 0. The Balaban J connectivity index is 1.62. The van der Waals surface area contributed by atoms with Crippen molar-refractivity contribution in [2.24, 2.45) is 17.8 Å². The Labute approximate surface area is 158 Å². The first kappa shape index (κ1) is 17.7. The lowest BCUT2D eigenvalue weighted by Crippen LogP contribution is -2.44. The Kier molecular flexibility index (Phi) is 4.63. The number of carbonyl (C=O) groups excluding carboxylic acids is 1. The van der Waals surface area contributed by atoms with E-state index >= 15 is 0 Å². The first-order valence-corrected chi connectivity index (χ1v) is 10.5. The number of aryl methyl sites for hydroxylation is 1. The number of likely N-dealkylation sites (tertiary alicyclic amines) is 1. The molecule has 0 unspecified atom stereocenters. The normalized spacial score (nSPS) is 26.1. The lowest BCUT2D eigenvalue weighted by molar-refractivity contribution is -0.134. The SMILES string of the molecule is C[C@@H]1C[C@H](C)CN(C(=O)Cn2cnc3sc4c(c3c2=O)CC[C@H](C)C4)C1. The second-order valence-corrected chi connectivity index (χ2v) is 9.54. The van der Waals surface area contributed by atoms with Crippen molar-refractivity contribution in [2.75, 3.05) is 13.1 Å². The molecule has 6 heteroatoms. The summed E-state index contributed by atoms with van der Waals surface area (Å²) >= 11 is 1.65. The van der Waals surface area contributed by atoms with Crippen LogP contribution in [-0.4, -0.2) is 33.4 Å². The molecule has 3 heterocycles. The van der Waals surface area contributed by atoms with Gasteiger partial charge in [-0.15, -0.1) is 11.3 Å². The van der Waals surface area contributed by atoms with Crippen molar-refractivity contribution >= 4 is 27.5 Å². The molecule has 26 heavy (non-hydrogen) atoms. The maximum Gasteiger partial charge on any atom is 0.262 e. The molecule has 1 aliphatic carbocycles. The number of rotatable bonds is 2. The summed E-state index contributed by atoms with van der Waals surface area (Å²) in [6, 6.07) is 0. The highest BCUT2D eigenvalue weighted by molar-refractivity contribution is 7.18. The van der Waals surface area contributed by atoms with Crippen LogP contribution in [-0.2, 0) is 24.2 Å². The predicted molar refractivity (Wildman–Crippen MR) is 105 cm³/mol. The van der Waals surface area contributed by atoms with Crippen molar-refractivity contribution in [1.82, 2.24) is 14.5 Å². The molecule has 0 aromatic carbocycles. The highest BCUT2D eigenvalue weighted by atomic mass is 32.1. The van der Waals surface area contributed by atoms with Gasteiger partial charge in [-0.05, 0) is 49.0 Å². The van der Waals surface area contributed by atoms with E-state index in [1.165, 1.54) is 15.0 Å². The lowest BCUT2D eigenvalue weighted by atomic mass is 9.89. The van der Waals surface area contributed by atoms with E-state index in [9.17, 15) is 9.59 Å². The summed E-state index contributed by atoms with van der Waals surface area (Å²) in [6.45, 7) is 8.32. The van der Waals surface area contributed by atoms with E-state index in [1.54, 1.807) is 17.7 Å². The molecule has 0 radical (unpaired) electrons. The van der Waals surface area contributed by atoms with E-state index in [0.717, 1.165) is 49.0 Å². The number of aromatic nitrogens is 2. The van der Waals surface area contributed by atoms with Crippen molar-refractivity contribution in [3.63, 3.8) is 0 Å². The molecule has 1 amide bonds. The molecule has 5 nitrogen and oxygen atoms in total. The van der Waals surface area contributed by atoms with Gasteiger partial charge in [0.25, 0.3) is 5.56 Å². The van der Waals surface area contributed by atoms with E-state index in [-0.39, 0.29) is 18.0 Å². The molecule has 0 N–H and O–H groups in total. The molecule has 0 bridgehead atoms. The van der Waals surface area contributed by atoms with Crippen LogP contribution in [0.4, 0.5) is 0 Å². The van der Waals surface area contributed by atoms with Gasteiger partial charge < -0.3 is 4.90 Å². The van der Waals surface area contributed by atoms with Gasteiger partial charge >= 0.3 is 0 Å². The zero-order valence-corrected chi connectivity index (χ0v) is 16.6. The number of carbonyl (C=O) groups is 1. The number of amides is 1. The molecule has 1 fully saturated rings. The number of hydrogen-bond acceptors (Lipinski definition) is 4. The van der Waals surface area contributed by atoms with Crippen LogP contribution in [0.1, 0.15) is 44.1 Å². The second kappa shape index (κ2) is 6.80. The second-order valence-electron chi connectivity index (χ2n) is 8.45. The molecule has 140 valence electrons. The maximum absolute atomic E-state index is 13.0. The Hall–Kier alpha value is -1.69. The highest BCUT2D eigenvalue weighted by Gasteiger charge is 2.27. The third-order valence-electron chi connectivity index (χ3n) is 5.81. The summed E-state index contributed by atoms with van der Waals surface area (Å²) < 4.78 is 1.51. The molecule has 0 spiro atoms. The summed E-state index contributed by atoms with van der Waals surface area (Å²) in [5.74, 6) is 1.74. The number of nitrogens with zero attached hydrogens (tertiary/aromatic N) is 3. The Bertz CT molecular complexity index is 890. The van der Waals surface area contributed by atoms with Crippen LogP contribution in [0.2, 0.25) is 0 Å². The Morgan fingerprint density at radius 3 is 2.69 bits per heavy atom. The van der Waals surface area contributed by atoms with Crippen LogP contribution in [0.15, 0.2) is 11.1 Å². The summed E-state index contributed by atoms with van der Waals surface area (Å²) in [5, 5.41) is 0.757. The molecule has 0 saturated carbocycles. The summed E-state index contributed by atoms with van der Waals surface area (Å²) in [7, 11) is 0. The third kappa shape index (κ3) is 3.20. The molecule has 2 aliphatic rings. The van der Waals surface area contributed by atoms with E-state index in [2.05, 4.69) is 25.8 Å². The average molecular weight is 374 g/mol. The van der Waals surface area contributed by atoms with Crippen LogP contribution < -0.4 is 5.56 Å². The first-order valence-electron chi connectivity index (χ1n) is 9.69. The number of piperidine rings is 1. The van der Waals surface area contributed by atoms with Crippen LogP contribution in [0.25, 0.3) is 10.2 Å². The van der Waals surface area contributed by atoms with Gasteiger partial charge in [0.1, 0.15) is 11.4 Å². The summed E-state index contributed by atoms with van der Waals surface area (Å²) in [5.41, 5.74) is 1.14. The van der Waals surface area contributed by atoms with E-state index in [0.29, 0.717) is 17.8 Å². The summed E-state index contributed by atoms with van der Waals surface area (Å²) in [6.07, 6.45) is 5.84. The Morgan fingerprint density at radius 2 is 1.96 bits per heavy atom. The average Bonchev–Trinajstić information content (AvgIpc) is 2.94. The van der Waals surface area contributed by atoms with Crippen LogP contribution in [0.3, 0.4) is 0 Å². The topological polar surface area (TPSA) is 55.2 Å². The maximum atomic E-state index is 13.0. The number of fused-ring (bicyclic) bond motifs is 3. The fourth-order valence-electron chi connectivity index (χ4n) is 4.59. The van der Waals surface area contributed by atoms with Crippen molar-refractivity contribution in [3.05, 3.63) is 27.1 Å². The monoisotopic (exact) mass is 373 g/mol. The minimum atomic E-state index is -0.0477. The number of thiophene rings is 1. The van der Waals surface area contributed by atoms with Gasteiger partial charge in [-0.25, -0.2) is 4.98 Å². The molecule has 4 rings (SSSR count). The van der Waals surface area contributed by atoms with Crippen molar-refractivity contribution in [2.45, 2.75) is 53.0 Å². The van der Waals surface area contributed by atoms with Crippen molar-refractivity contribution < 1.29 is 4.79 Å². The highest BCUT2D eigenvalue weighted by Crippen LogP contribution is 2.35. The summed E-state index contributed by atoms with van der Waals surface area (Å²) in [4.78, 5) is 34.4. The molecule has 2 aromatic heterocycles. The van der Waals surface area contributed by atoms with Crippen molar-refractivity contribution in [1.29, 1.82) is 0 Å². The molecule has 1 aliphatic heterocycles. The lowest BCUT2D eigenvalue weighted by Gasteiger charge is -2.35. The van der Waals surface area contributed by atoms with E-state index in [1.807, 2.05) is 4.90 Å². The van der Waals surface area contributed by atoms with Gasteiger partial charge in [0, 0.05) is 18.0 Å². The fraction of sp³-hybridized carbons (Fsp3) is 0.650. The largest absolute Gasteiger partial charge is 0.341 e. The standard InChI is InChI=1S/C20H27N3O2S/c1-12-4-5-15-16(7-12)26-19-18(15)20(25)23(11-21-19)10-17(24)22-8-13(2)6-14(3)9-22/h11-14H,4-10H2,1-3H3/t12-,13-,14+/m0/s1. The quantitative estimate of drug-likeness (QED) is 0.813. The van der Waals surface area contributed by atoms with Gasteiger partial charge in [-0.3, -0.25) is 14.2 Å². The van der Waals surface area contributed by atoms with Crippen LogP contribution in [0, 0.1) is 17.8 Å². The smallest absolute Gasteiger partial charge is 0.262 e. The molecule has 3 atom stereocenters. The van der Waals surface area contributed by atoms with Crippen LogP contribution in [0.5, 0.6) is 0 Å². The van der Waals surface area contributed by atoms with Gasteiger partial charge in [-0.2, -0.15) is 0 Å². The molecular formula is C20H27N3O2S. The van der Waals surface area contributed by atoms with Gasteiger partial charge in [-0.1, -0.05) is 20.8 Å². The molecule has 1 saturated heterocycles. The zero-order valence-electron chi connectivity index (χ0n) is 15.8. The predicted octanol–water partition coefficient (Wildman–Crippen LogP) is 3.09. The van der Waals surface area contributed by atoms with Gasteiger partial charge in [0.05, 0.1) is 11.7 Å². The van der Waals surface area contributed by atoms with E-state index in [4.69, 9.17) is 0 Å². The van der Waals surface area contributed by atoms with Gasteiger partial charge in [0.2, 0.25) is 5.91 Å². The zero-order chi connectivity index (χ0) is 18.4.